The molecule has 0 aliphatic carbocycles. The number of benzene rings is 1. The first-order valence-electron chi connectivity index (χ1n) is 9.45. The number of rotatable bonds is 5. The second-order valence-electron chi connectivity index (χ2n) is 7.54. The number of carboxylic acid groups (broad SMARTS) is 1. The normalized spacial score (nSPS) is 16.3. The summed E-state index contributed by atoms with van der Waals surface area (Å²) in [5.74, 6) is -0.748. The molecule has 152 valence electrons. The monoisotopic (exact) mass is 430 g/mol. The SMILES string of the molecule is Cc1cccc(-n2c(SCC(=O)O)nc3sc4c(c3c2=O)C[C@H](C(C)C)OC4)c1. The van der Waals surface area contributed by atoms with Crippen LogP contribution in [0, 0.1) is 12.8 Å². The summed E-state index contributed by atoms with van der Waals surface area (Å²) in [6.07, 6.45) is 0.771. The highest BCUT2D eigenvalue weighted by Gasteiger charge is 2.28. The zero-order valence-electron chi connectivity index (χ0n) is 16.5. The molecule has 0 spiro atoms. The van der Waals surface area contributed by atoms with Gasteiger partial charge in [0.15, 0.2) is 5.16 Å². The van der Waals surface area contributed by atoms with Crippen LogP contribution in [0.25, 0.3) is 15.9 Å². The van der Waals surface area contributed by atoms with Crippen molar-refractivity contribution in [3.05, 3.63) is 50.6 Å². The van der Waals surface area contributed by atoms with Crippen molar-refractivity contribution >= 4 is 39.3 Å². The molecular weight excluding hydrogens is 408 g/mol. The Labute approximate surface area is 176 Å². The molecule has 1 aromatic carbocycles. The first-order valence-corrected chi connectivity index (χ1v) is 11.3. The minimum Gasteiger partial charge on any atom is -0.481 e. The number of ether oxygens (including phenoxy) is 1. The van der Waals surface area contributed by atoms with Crippen LogP contribution >= 0.6 is 23.1 Å². The van der Waals surface area contributed by atoms with Gasteiger partial charge in [0.25, 0.3) is 5.56 Å². The van der Waals surface area contributed by atoms with Gasteiger partial charge in [-0.05, 0) is 36.1 Å². The molecule has 1 aliphatic rings. The fraction of sp³-hybridized carbons (Fsp3) is 0.381. The van der Waals surface area contributed by atoms with E-state index in [-0.39, 0.29) is 17.4 Å². The lowest BCUT2D eigenvalue weighted by Gasteiger charge is -2.26. The maximum absolute atomic E-state index is 13.6. The summed E-state index contributed by atoms with van der Waals surface area (Å²) in [6, 6.07) is 7.62. The predicted octanol–water partition coefficient (Wildman–Crippen LogP) is 4.03. The Balaban J connectivity index is 1.94. The zero-order chi connectivity index (χ0) is 20.7. The van der Waals surface area contributed by atoms with Gasteiger partial charge in [-0.25, -0.2) is 4.98 Å². The number of hydrogen-bond acceptors (Lipinski definition) is 6. The molecule has 29 heavy (non-hydrogen) atoms. The third-order valence-electron chi connectivity index (χ3n) is 5.04. The number of thiophene rings is 1. The summed E-state index contributed by atoms with van der Waals surface area (Å²) in [4.78, 5) is 31.2. The average molecular weight is 431 g/mol. The number of aryl methyl sites for hydroxylation is 1. The zero-order valence-corrected chi connectivity index (χ0v) is 18.1. The second kappa shape index (κ2) is 7.93. The van der Waals surface area contributed by atoms with Crippen molar-refractivity contribution in [1.82, 2.24) is 9.55 Å². The lowest BCUT2D eigenvalue weighted by molar-refractivity contribution is -0.133. The first kappa shape index (κ1) is 20.1. The van der Waals surface area contributed by atoms with Crippen molar-refractivity contribution in [3.63, 3.8) is 0 Å². The van der Waals surface area contributed by atoms with Crippen LogP contribution in [0.5, 0.6) is 0 Å². The number of hydrogen-bond donors (Lipinski definition) is 1. The number of thioether (sulfide) groups is 1. The Morgan fingerprint density at radius 2 is 2.24 bits per heavy atom. The number of carbonyl (C=O) groups is 1. The maximum Gasteiger partial charge on any atom is 0.313 e. The van der Waals surface area contributed by atoms with E-state index in [4.69, 9.17) is 14.8 Å². The van der Waals surface area contributed by atoms with E-state index in [1.807, 2.05) is 31.2 Å². The summed E-state index contributed by atoms with van der Waals surface area (Å²) in [5.41, 5.74) is 2.60. The molecule has 0 amide bonds. The van der Waals surface area contributed by atoms with Crippen molar-refractivity contribution in [2.24, 2.45) is 5.92 Å². The van der Waals surface area contributed by atoms with Gasteiger partial charge in [-0.15, -0.1) is 11.3 Å². The number of fused-ring (bicyclic) bond motifs is 3. The fourth-order valence-corrected chi connectivity index (χ4v) is 5.45. The molecule has 1 N–H and O–H groups in total. The molecule has 0 unspecified atom stereocenters. The minimum absolute atomic E-state index is 0.0770. The molecule has 6 nitrogen and oxygen atoms in total. The molecule has 0 fully saturated rings. The van der Waals surface area contributed by atoms with Crippen LogP contribution in [0.1, 0.15) is 29.9 Å². The molecule has 1 atom stereocenters. The number of carboxylic acids is 1. The van der Waals surface area contributed by atoms with Gasteiger partial charge in [0.1, 0.15) is 4.83 Å². The van der Waals surface area contributed by atoms with Gasteiger partial charge in [-0.2, -0.15) is 0 Å². The van der Waals surface area contributed by atoms with Crippen LogP contribution in [0.4, 0.5) is 0 Å². The minimum atomic E-state index is -0.946. The van der Waals surface area contributed by atoms with E-state index in [0.29, 0.717) is 40.0 Å². The van der Waals surface area contributed by atoms with E-state index in [2.05, 4.69) is 13.8 Å². The summed E-state index contributed by atoms with van der Waals surface area (Å²) in [5, 5.41) is 10.2. The Morgan fingerprint density at radius 3 is 2.93 bits per heavy atom. The lowest BCUT2D eigenvalue weighted by Crippen LogP contribution is -2.28. The molecule has 0 saturated carbocycles. The van der Waals surface area contributed by atoms with Gasteiger partial charge < -0.3 is 9.84 Å². The van der Waals surface area contributed by atoms with E-state index in [1.54, 1.807) is 4.57 Å². The van der Waals surface area contributed by atoms with Crippen molar-refractivity contribution in [2.75, 3.05) is 5.75 Å². The van der Waals surface area contributed by atoms with Gasteiger partial charge in [0, 0.05) is 11.3 Å². The maximum atomic E-state index is 13.6. The highest BCUT2D eigenvalue weighted by atomic mass is 32.2. The van der Waals surface area contributed by atoms with Gasteiger partial charge in [0.05, 0.1) is 29.5 Å². The average Bonchev–Trinajstić information content (AvgIpc) is 3.04. The largest absolute Gasteiger partial charge is 0.481 e. The second-order valence-corrected chi connectivity index (χ2v) is 9.56. The van der Waals surface area contributed by atoms with Crippen LogP contribution < -0.4 is 5.56 Å². The Hall–Kier alpha value is -2.16. The lowest BCUT2D eigenvalue weighted by atomic mass is 9.96. The molecule has 0 saturated heterocycles. The quantitative estimate of drug-likeness (QED) is 0.486. The van der Waals surface area contributed by atoms with E-state index >= 15 is 0 Å². The number of aliphatic carboxylic acids is 1. The molecule has 1 aliphatic heterocycles. The molecular formula is C21H22N2O4S2. The molecule has 4 rings (SSSR count). The molecule has 8 heteroatoms. The smallest absolute Gasteiger partial charge is 0.313 e. The van der Waals surface area contributed by atoms with Crippen molar-refractivity contribution in [2.45, 2.75) is 45.1 Å². The van der Waals surface area contributed by atoms with Crippen LogP contribution in [-0.4, -0.2) is 32.5 Å². The van der Waals surface area contributed by atoms with Crippen molar-refractivity contribution in [3.8, 4) is 5.69 Å². The van der Waals surface area contributed by atoms with Crippen LogP contribution in [0.3, 0.4) is 0 Å². The van der Waals surface area contributed by atoms with Crippen LogP contribution in [0.15, 0.2) is 34.2 Å². The predicted molar refractivity (Wildman–Crippen MR) is 115 cm³/mol. The Morgan fingerprint density at radius 1 is 1.45 bits per heavy atom. The number of aromatic nitrogens is 2. The summed E-state index contributed by atoms with van der Waals surface area (Å²) >= 11 is 2.54. The van der Waals surface area contributed by atoms with Crippen molar-refractivity contribution in [1.29, 1.82) is 0 Å². The highest BCUT2D eigenvalue weighted by molar-refractivity contribution is 7.99. The number of nitrogens with zero attached hydrogens (tertiary/aromatic N) is 2. The molecule has 2 aromatic heterocycles. The van der Waals surface area contributed by atoms with E-state index in [1.165, 1.54) is 11.3 Å². The summed E-state index contributed by atoms with van der Waals surface area (Å²) in [6.45, 7) is 6.69. The Bertz CT molecular complexity index is 1150. The standard InChI is InChI=1S/C21H22N2O4S2/c1-11(2)15-8-14-16(9-27-15)29-19-18(14)20(26)23(13-6-4-5-12(3)7-13)21(22-19)28-10-17(24)25/h4-7,11,15H,8-10H2,1-3H3,(H,24,25)/t15-/m1/s1. The molecule has 0 radical (unpaired) electrons. The topological polar surface area (TPSA) is 81.4 Å². The third kappa shape index (κ3) is 3.84. The van der Waals surface area contributed by atoms with E-state index < -0.39 is 5.97 Å². The summed E-state index contributed by atoms with van der Waals surface area (Å²) < 4.78 is 7.52. The Kier molecular flexibility index (Phi) is 5.50. The van der Waals surface area contributed by atoms with Crippen LogP contribution in [0.2, 0.25) is 0 Å². The van der Waals surface area contributed by atoms with Gasteiger partial charge in [-0.3, -0.25) is 14.2 Å². The van der Waals surface area contributed by atoms with Gasteiger partial charge in [-0.1, -0.05) is 37.7 Å². The van der Waals surface area contributed by atoms with Crippen LogP contribution in [-0.2, 0) is 22.6 Å². The van der Waals surface area contributed by atoms with Crippen molar-refractivity contribution < 1.29 is 14.6 Å². The summed E-state index contributed by atoms with van der Waals surface area (Å²) in [7, 11) is 0. The highest BCUT2D eigenvalue weighted by Crippen LogP contribution is 2.36. The molecule has 3 heterocycles. The van der Waals surface area contributed by atoms with E-state index in [0.717, 1.165) is 27.8 Å². The van der Waals surface area contributed by atoms with E-state index in [9.17, 15) is 9.59 Å². The molecule has 0 bridgehead atoms. The van der Waals surface area contributed by atoms with Gasteiger partial charge in [0.2, 0.25) is 0 Å². The fourth-order valence-electron chi connectivity index (χ4n) is 3.55. The van der Waals surface area contributed by atoms with Gasteiger partial charge >= 0.3 is 5.97 Å². The molecule has 3 aromatic rings. The first-order chi connectivity index (χ1) is 13.8. The third-order valence-corrected chi connectivity index (χ3v) is 7.06.